The summed E-state index contributed by atoms with van der Waals surface area (Å²) in [4.78, 5) is 26.1. The highest BCUT2D eigenvalue weighted by molar-refractivity contribution is 5.94. The third-order valence-electron chi connectivity index (χ3n) is 6.31. The highest BCUT2D eigenvalue weighted by Gasteiger charge is 2.44. The molecule has 1 atom stereocenters. The molecule has 2 aliphatic heterocycles. The standard InChI is InChI=1S/C25H34N4O5/c1-18(2)33-22-6-5-19(13-20(22)15-30)23(31)28-11-7-25(8-12-28)17-29(14-21(34-25)16-32-3)24-26-9-4-10-27-24/h4-6,9-10,13,18,21,30H,7-8,11-12,14-17H2,1-3H3. The maximum Gasteiger partial charge on any atom is 0.253 e. The zero-order chi connectivity index (χ0) is 24.1. The van der Waals surface area contributed by atoms with Crippen LogP contribution in [0.4, 0.5) is 5.95 Å². The lowest BCUT2D eigenvalue weighted by atomic mass is 9.88. The molecule has 0 aliphatic carbocycles. The van der Waals surface area contributed by atoms with Crippen LogP contribution >= 0.6 is 0 Å². The van der Waals surface area contributed by atoms with Gasteiger partial charge in [0.1, 0.15) is 5.75 Å². The molecule has 1 aromatic heterocycles. The lowest BCUT2D eigenvalue weighted by Crippen LogP contribution is -2.61. The summed E-state index contributed by atoms with van der Waals surface area (Å²) in [6, 6.07) is 7.07. The molecule has 2 aliphatic rings. The van der Waals surface area contributed by atoms with Crippen LogP contribution < -0.4 is 9.64 Å². The second kappa shape index (κ2) is 10.7. The largest absolute Gasteiger partial charge is 0.491 e. The van der Waals surface area contributed by atoms with Gasteiger partial charge in [0.15, 0.2) is 0 Å². The minimum absolute atomic E-state index is 0.0107. The lowest BCUT2D eigenvalue weighted by Gasteiger charge is -2.49. The van der Waals surface area contributed by atoms with Crippen molar-refractivity contribution in [2.45, 2.75) is 51.1 Å². The van der Waals surface area contributed by atoms with E-state index in [4.69, 9.17) is 14.2 Å². The summed E-state index contributed by atoms with van der Waals surface area (Å²) in [5, 5.41) is 9.75. The van der Waals surface area contributed by atoms with Crippen molar-refractivity contribution >= 4 is 11.9 Å². The summed E-state index contributed by atoms with van der Waals surface area (Å²) in [7, 11) is 1.67. The molecule has 0 radical (unpaired) electrons. The highest BCUT2D eigenvalue weighted by Crippen LogP contribution is 2.34. The van der Waals surface area contributed by atoms with Crippen LogP contribution in [0.1, 0.15) is 42.6 Å². The van der Waals surface area contributed by atoms with Gasteiger partial charge in [0, 0.05) is 50.3 Å². The summed E-state index contributed by atoms with van der Waals surface area (Å²) < 4.78 is 17.6. The van der Waals surface area contributed by atoms with Crippen molar-refractivity contribution in [3.63, 3.8) is 0 Å². The zero-order valence-corrected chi connectivity index (χ0v) is 20.1. The molecule has 1 amide bonds. The number of nitrogens with zero attached hydrogens (tertiary/aromatic N) is 4. The third-order valence-corrected chi connectivity index (χ3v) is 6.31. The predicted octanol–water partition coefficient (Wildman–Crippen LogP) is 2.28. The Labute approximate surface area is 200 Å². The van der Waals surface area contributed by atoms with E-state index in [0.717, 1.165) is 0 Å². The van der Waals surface area contributed by atoms with E-state index in [1.807, 2.05) is 18.7 Å². The number of aliphatic hydroxyl groups excluding tert-OH is 1. The zero-order valence-electron chi connectivity index (χ0n) is 20.1. The average Bonchev–Trinajstić information content (AvgIpc) is 2.84. The predicted molar refractivity (Wildman–Crippen MR) is 127 cm³/mol. The minimum atomic E-state index is -0.386. The topological polar surface area (TPSA) is 97.3 Å². The van der Waals surface area contributed by atoms with Gasteiger partial charge in [-0.15, -0.1) is 0 Å². The molecule has 4 rings (SSSR count). The first-order valence-electron chi connectivity index (χ1n) is 11.8. The minimum Gasteiger partial charge on any atom is -0.491 e. The molecule has 184 valence electrons. The fourth-order valence-electron chi connectivity index (χ4n) is 4.75. The Hall–Kier alpha value is -2.75. The van der Waals surface area contributed by atoms with Crippen molar-refractivity contribution in [1.82, 2.24) is 14.9 Å². The fourth-order valence-corrected chi connectivity index (χ4v) is 4.75. The van der Waals surface area contributed by atoms with E-state index < -0.39 is 0 Å². The Morgan fingerprint density at radius 3 is 2.65 bits per heavy atom. The van der Waals surface area contributed by atoms with E-state index in [0.29, 0.717) is 68.5 Å². The van der Waals surface area contributed by atoms with E-state index in [2.05, 4.69) is 14.9 Å². The van der Waals surface area contributed by atoms with Crippen molar-refractivity contribution in [3.8, 4) is 5.75 Å². The number of aliphatic hydroxyl groups is 1. The average molecular weight is 471 g/mol. The maximum absolute atomic E-state index is 13.2. The number of aromatic nitrogens is 2. The molecule has 1 unspecified atom stereocenters. The number of carbonyl (C=O) groups excluding carboxylic acids is 1. The van der Waals surface area contributed by atoms with Crippen molar-refractivity contribution < 1.29 is 24.1 Å². The number of piperidine rings is 1. The highest BCUT2D eigenvalue weighted by atomic mass is 16.5. The SMILES string of the molecule is COCC1CN(c2ncccn2)CC2(CCN(C(=O)c3ccc(OC(C)C)c(CO)c3)CC2)O1. The van der Waals surface area contributed by atoms with Gasteiger partial charge in [-0.05, 0) is 51.0 Å². The van der Waals surface area contributed by atoms with Crippen LogP contribution in [-0.2, 0) is 16.1 Å². The van der Waals surface area contributed by atoms with Gasteiger partial charge in [-0.2, -0.15) is 0 Å². The molecule has 2 saturated heterocycles. The summed E-state index contributed by atoms with van der Waals surface area (Å²) in [6.07, 6.45) is 4.81. The number of hydrogen-bond acceptors (Lipinski definition) is 8. The molecular formula is C25H34N4O5. The number of carbonyl (C=O) groups is 1. The van der Waals surface area contributed by atoms with Gasteiger partial charge in [0.2, 0.25) is 5.95 Å². The first kappa shape index (κ1) is 24.4. The number of rotatable bonds is 7. The van der Waals surface area contributed by atoms with Crippen LogP contribution in [-0.4, -0.2) is 83.6 Å². The molecule has 0 bridgehead atoms. The molecule has 9 heteroatoms. The van der Waals surface area contributed by atoms with Crippen molar-refractivity contribution in [3.05, 3.63) is 47.8 Å². The van der Waals surface area contributed by atoms with Gasteiger partial charge in [-0.1, -0.05) is 0 Å². The number of anilines is 1. The quantitative estimate of drug-likeness (QED) is 0.658. The van der Waals surface area contributed by atoms with E-state index in [1.165, 1.54) is 0 Å². The molecule has 0 saturated carbocycles. The molecule has 3 heterocycles. The van der Waals surface area contributed by atoms with E-state index in [1.54, 1.807) is 43.8 Å². The monoisotopic (exact) mass is 470 g/mol. The first-order valence-corrected chi connectivity index (χ1v) is 11.8. The van der Waals surface area contributed by atoms with Crippen molar-refractivity contribution in [2.24, 2.45) is 0 Å². The van der Waals surface area contributed by atoms with Crippen LogP contribution in [0.3, 0.4) is 0 Å². The Balaban J connectivity index is 1.45. The van der Waals surface area contributed by atoms with Crippen LogP contribution in [0.5, 0.6) is 5.75 Å². The molecular weight excluding hydrogens is 436 g/mol. The van der Waals surface area contributed by atoms with Crippen LogP contribution in [0, 0.1) is 0 Å². The summed E-state index contributed by atoms with van der Waals surface area (Å²) >= 11 is 0. The second-order valence-corrected chi connectivity index (χ2v) is 9.25. The maximum atomic E-state index is 13.2. The number of amides is 1. The van der Waals surface area contributed by atoms with Gasteiger partial charge < -0.3 is 29.1 Å². The lowest BCUT2D eigenvalue weighted by molar-refractivity contribution is -0.145. The van der Waals surface area contributed by atoms with Gasteiger partial charge in [-0.25, -0.2) is 9.97 Å². The van der Waals surface area contributed by atoms with Crippen LogP contribution in [0.25, 0.3) is 0 Å². The van der Waals surface area contributed by atoms with Gasteiger partial charge >= 0.3 is 0 Å². The summed E-state index contributed by atoms with van der Waals surface area (Å²) in [5.74, 6) is 1.24. The van der Waals surface area contributed by atoms with Crippen LogP contribution in [0.2, 0.25) is 0 Å². The van der Waals surface area contributed by atoms with E-state index >= 15 is 0 Å². The number of methoxy groups -OCH3 is 1. The summed E-state index contributed by atoms with van der Waals surface area (Å²) in [6.45, 7) is 6.67. The third kappa shape index (κ3) is 5.48. The van der Waals surface area contributed by atoms with Crippen LogP contribution in [0.15, 0.2) is 36.7 Å². The molecule has 2 fully saturated rings. The molecule has 34 heavy (non-hydrogen) atoms. The number of hydrogen-bond donors (Lipinski definition) is 1. The van der Waals surface area contributed by atoms with Gasteiger partial charge in [0.25, 0.3) is 5.91 Å². The Morgan fingerprint density at radius 2 is 2.00 bits per heavy atom. The number of morpholine rings is 1. The van der Waals surface area contributed by atoms with E-state index in [9.17, 15) is 9.90 Å². The number of benzene rings is 1. The number of ether oxygens (including phenoxy) is 3. The number of likely N-dealkylation sites (tertiary alicyclic amines) is 1. The summed E-state index contributed by atoms with van der Waals surface area (Å²) in [5.41, 5.74) is 0.782. The molecule has 1 spiro atoms. The van der Waals surface area contributed by atoms with E-state index in [-0.39, 0.29) is 30.3 Å². The van der Waals surface area contributed by atoms with Crippen molar-refractivity contribution in [1.29, 1.82) is 0 Å². The first-order chi connectivity index (χ1) is 16.4. The normalized spacial score (nSPS) is 20.1. The fraction of sp³-hybridized carbons (Fsp3) is 0.560. The van der Waals surface area contributed by atoms with Gasteiger partial charge in [-0.3, -0.25) is 4.79 Å². The van der Waals surface area contributed by atoms with Gasteiger partial charge in [0.05, 0.1) is 37.6 Å². The van der Waals surface area contributed by atoms with Crippen molar-refractivity contribution in [2.75, 3.05) is 44.8 Å². The smallest absolute Gasteiger partial charge is 0.253 e. The molecule has 2 aromatic rings. The Morgan fingerprint density at radius 1 is 1.26 bits per heavy atom. The molecule has 9 nitrogen and oxygen atoms in total. The molecule has 1 aromatic carbocycles. The molecule has 1 N–H and O–H groups in total. The Bertz CT molecular complexity index is 963. The second-order valence-electron chi connectivity index (χ2n) is 9.25. The Kier molecular flexibility index (Phi) is 7.65.